The molecule has 0 spiro atoms. The molecule has 1 saturated heterocycles. The van der Waals surface area contributed by atoms with Gasteiger partial charge in [0.15, 0.2) is 0 Å². The summed E-state index contributed by atoms with van der Waals surface area (Å²) >= 11 is 0. The molecule has 9 nitrogen and oxygen atoms in total. The first-order valence-corrected chi connectivity index (χ1v) is 14.9. The third-order valence-corrected chi connectivity index (χ3v) is 8.20. The van der Waals surface area contributed by atoms with Crippen LogP contribution >= 0.6 is 0 Å². The molecular formula is C34H40FN3O6. The third-order valence-electron chi connectivity index (χ3n) is 8.20. The molecular weight excluding hydrogens is 565 g/mol. The van der Waals surface area contributed by atoms with Gasteiger partial charge in [0, 0.05) is 43.4 Å². The average molecular weight is 606 g/mol. The molecule has 2 aliphatic rings. The summed E-state index contributed by atoms with van der Waals surface area (Å²) in [6.07, 6.45) is 1.06. The Balaban J connectivity index is 1.44. The summed E-state index contributed by atoms with van der Waals surface area (Å²) in [5.74, 6) is 0.807. The lowest BCUT2D eigenvalue weighted by Crippen LogP contribution is -2.52. The van der Waals surface area contributed by atoms with Crippen molar-refractivity contribution in [2.24, 2.45) is 0 Å². The number of amides is 2. The van der Waals surface area contributed by atoms with Gasteiger partial charge in [-0.25, -0.2) is 4.39 Å². The van der Waals surface area contributed by atoms with Crippen LogP contribution in [0, 0.1) is 12.7 Å². The molecule has 2 amide bonds. The second kappa shape index (κ2) is 12.7. The number of rotatable bonds is 10. The Bertz CT molecular complexity index is 1550. The molecule has 10 heteroatoms. The van der Waals surface area contributed by atoms with E-state index in [1.165, 1.54) is 12.1 Å². The zero-order valence-corrected chi connectivity index (χ0v) is 25.9. The minimum Gasteiger partial charge on any atom is -0.496 e. The van der Waals surface area contributed by atoms with Crippen molar-refractivity contribution in [3.8, 4) is 28.4 Å². The predicted molar refractivity (Wildman–Crippen MR) is 167 cm³/mol. The lowest BCUT2D eigenvalue weighted by atomic mass is 9.91. The highest BCUT2D eigenvalue weighted by atomic mass is 19.1. The van der Waals surface area contributed by atoms with Crippen LogP contribution in [0.1, 0.15) is 44.2 Å². The first-order chi connectivity index (χ1) is 21.0. The molecule has 1 atom stereocenters. The molecule has 1 fully saturated rings. The molecule has 1 unspecified atom stereocenters. The second-order valence-electron chi connectivity index (χ2n) is 11.9. The van der Waals surface area contributed by atoms with Crippen LogP contribution in [0.4, 0.5) is 15.8 Å². The van der Waals surface area contributed by atoms with E-state index in [0.717, 1.165) is 48.3 Å². The molecule has 0 bridgehead atoms. The Morgan fingerprint density at radius 1 is 1.05 bits per heavy atom. The molecule has 2 aliphatic heterocycles. The molecule has 0 saturated carbocycles. The van der Waals surface area contributed by atoms with Gasteiger partial charge in [-0.3, -0.25) is 9.59 Å². The molecule has 44 heavy (non-hydrogen) atoms. The van der Waals surface area contributed by atoms with Crippen molar-refractivity contribution in [3.05, 3.63) is 65.5 Å². The number of likely N-dealkylation sites (tertiary alicyclic amines) is 1. The summed E-state index contributed by atoms with van der Waals surface area (Å²) in [4.78, 5) is 29.1. The van der Waals surface area contributed by atoms with Gasteiger partial charge in [-0.05, 0) is 69.0 Å². The molecule has 5 rings (SSSR count). The minimum atomic E-state index is -0.936. The van der Waals surface area contributed by atoms with Crippen LogP contribution in [0.2, 0.25) is 0 Å². The van der Waals surface area contributed by atoms with E-state index in [-0.39, 0.29) is 31.4 Å². The molecule has 0 aliphatic carbocycles. The van der Waals surface area contributed by atoms with E-state index in [1.807, 2.05) is 39.0 Å². The van der Waals surface area contributed by atoms with Crippen molar-refractivity contribution in [1.82, 2.24) is 4.90 Å². The highest BCUT2D eigenvalue weighted by Crippen LogP contribution is 2.45. The van der Waals surface area contributed by atoms with Gasteiger partial charge >= 0.3 is 0 Å². The van der Waals surface area contributed by atoms with Gasteiger partial charge in [-0.2, -0.15) is 0 Å². The summed E-state index contributed by atoms with van der Waals surface area (Å²) in [6, 6.07) is 13.6. The van der Waals surface area contributed by atoms with Crippen LogP contribution < -0.4 is 24.4 Å². The molecule has 234 valence electrons. The molecule has 3 aromatic rings. The second-order valence-corrected chi connectivity index (χ2v) is 11.9. The van der Waals surface area contributed by atoms with Crippen molar-refractivity contribution in [2.75, 3.05) is 44.1 Å². The molecule has 3 aromatic carbocycles. The van der Waals surface area contributed by atoms with Crippen molar-refractivity contribution in [3.63, 3.8) is 0 Å². The zero-order valence-electron chi connectivity index (χ0n) is 25.9. The number of likely N-dealkylation sites (N-methyl/N-ethyl adjacent to an activating group) is 1. The Kier molecular flexibility index (Phi) is 9.01. The fourth-order valence-electron chi connectivity index (χ4n) is 5.84. The standard InChI is InChI=1S/C34H40FN3O6/c1-21-8-9-22(35)16-29(21)44-20-27-25(12-13-28-32(27)37(4)33(41)34(2,3)36-28)26-11-10-24(18-30(26)42-5)43-19-23(39)17-31(40)38-14-6-7-15-38/h8-13,16,18,23,36,39H,6-7,14-15,17,19-20H2,1-5H3. The van der Waals surface area contributed by atoms with Crippen LogP contribution in [-0.2, 0) is 16.2 Å². The number of ether oxygens (including phenoxy) is 3. The van der Waals surface area contributed by atoms with Crippen LogP contribution in [0.15, 0.2) is 48.5 Å². The number of nitrogens with zero attached hydrogens (tertiary/aromatic N) is 2. The van der Waals surface area contributed by atoms with E-state index in [0.29, 0.717) is 28.5 Å². The number of hydrogen-bond acceptors (Lipinski definition) is 7. The number of benzene rings is 3. The van der Waals surface area contributed by atoms with Crippen molar-refractivity contribution in [2.45, 2.75) is 58.3 Å². The van der Waals surface area contributed by atoms with Gasteiger partial charge in [0.25, 0.3) is 5.91 Å². The zero-order chi connectivity index (χ0) is 31.6. The van der Waals surface area contributed by atoms with Gasteiger partial charge < -0.3 is 34.4 Å². The minimum absolute atomic E-state index is 0.00950. The normalized spacial score (nSPS) is 16.3. The number of halogens is 1. The number of aliphatic hydroxyl groups excluding tert-OH is 1. The maximum Gasteiger partial charge on any atom is 0.251 e. The summed E-state index contributed by atoms with van der Waals surface area (Å²) in [5, 5.41) is 13.8. The number of hydrogen-bond donors (Lipinski definition) is 2. The number of aryl methyl sites for hydroxylation is 1. The summed E-state index contributed by atoms with van der Waals surface area (Å²) < 4.78 is 31.8. The van der Waals surface area contributed by atoms with Gasteiger partial charge in [0.2, 0.25) is 5.91 Å². The first-order valence-electron chi connectivity index (χ1n) is 14.9. The lowest BCUT2D eigenvalue weighted by Gasteiger charge is -2.39. The van der Waals surface area contributed by atoms with Crippen LogP contribution in [0.5, 0.6) is 17.2 Å². The maximum atomic E-state index is 14.1. The Morgan fingerprint density at radius 2 is 1.77 bits per heavy atom. The fourth-order valence-corrected chi connectivity index (χ4v) is 5.84. The number of methoxy groups -OCH3 is 1. The summed E-state index contributed by atoms with van der Waals surface area (Å²) in [5.41, 5.74) is 3.62. The Morgan fingerprint density at radius 3 is 2.50 bits per heavy atom. The van der Waals surface area contributed by atoms with Crippen molar-refractivity contribution in [1.29, 1.82) is 0 Å². The van der Waals surface area contributed by atoms with Gasteiger partial charge in [0.1, 0.15) is 41.8 Å². The van der Waals surface area contributed by atoms with Crippen LogP contribution in [0.25, 0.3) is 11.1 Å². The number of fused-ring (bicyclic) bond motifs is 1. The smallest absolute Gasteiger partial charge is 0.251 e. The van der Waals surface area contributed by atoms with Gasteiger partial charge in [-0.15, -0.1) is 0 Å². The van der Waals surface area contributed by atoms with Crippen molar-refractivity contribution < 1.29 is 33.3 Å². The topological polar surface area (TPSA) is 101 Å². The molecule has 0 aromatic heterocycles. The Hall–Kier alpha value is -4.31. The molecule has 2 heterocycles. The van der Waals surface area contributed by atoms with E-state index in [9.17, 15) is 19.1 Å². The number of anilines is 2. The van der Waals surface area contributed by atoms with Crippen LogP contribution in [0.3, 0.4) is 0 Å². The van der Waals surface area contributed by atoms with E-state index < -0.39 is 17.5 Å². The van der Waals surface area contributed by atoms with Crippen LogP contribution in [-0.4, -0.2) is 67.3 Å². The number of carbonyl (C=O) groups excluding carboxylic acids is 2. The quantitative estimate of drug-likeness (QED) is 0.323. The molecule has 2 N–H and O–H groups in total. The third kappa shape index (κ3) is 6.45. The number of carbonyl (C=O) groups is 2. The largest absolute Gasteiger partial charge is 0.496 e. The van der Waals surface area contributed by atoms with E-state index in [1.54, 1.807) is 42.2 Å². The highest BCUT2D eigenvalue weighted by Gasteiger charge is 2.39. The van der Waals surface area contributed by atoms with Gasteiger partial charge in [-0.1, -0.05) is 12.1 Å². The van der Waals surface area contributed by atoms with Crippen molar-refractivity contribution >= 4 is 23.2 Å². The number of nitrogens with one attached hydrogen (secondary N) is 1. The highest BCUT2D eigenvalue weighted by molar-refractivity contribution is 6.08. The Labute approximate surface area is 257 Å². The summed E-state index contributed by atoms with van der Waals surface area (Å²) in [6.45, 7) is 6.99. The average Bonchev–Trinajstić information content (AvgIpc) is 3.54. The SMILES string of the molecule is COc1cc(OCC(O)CC(=O)N2CCCC2)ccc1-c1ccc2c(c1COc1cc(F)ccc1C)N(C)C(=O)C(C)(C)N2. The molecule has 0 radical (unpaired) electrons. The first kappa shape index (κ1) is 31.1. The van der Waals surface area contributed by atoms with E-state index in [2.05, 4.69) is 5.32 Å². The monoisotopic (exact) mass is 605 g/mol. The number of aliphatic hydroxyl groups is 1. The van der Waals surface area contributed by atoms with E-state index >= 15 is 0 Å². The lowest BCUT2D eigenvalue weighted by molar-refractivity contribution is -0.132. The predicted octanol–water partition coefficient (Wildman–Crippen LogP) is 5.31. The van der Waals surface area contributed by atoms with Gasteiger partial charge in [0.05, 0.1) is 31.0 Å². The van der Waals surface area contributed by atoms with E-state index in [4.69, 9.17) is 14.2 Å². The fraction of sp³-hybridized carbons (Fsp3) is 0.412. The maximum absolute atomic E-state index is 14.1. The summed E-state index contributed by atoms with van der Waals surface area (Å²) in [7, 11) is 3.29.